The van der Waals surface area contributed by atoms with Crippen LogP contribution in [0.3, 0.4) is 0 Å². The summed E-state index contributed by atoms with van der Waals surface area (Å²) in [6.45, 7) is 0.833. The molecule has 5 heteroatoms. The summed E-state index contributed by atoms with van der Waals surface area (Å²) >= 11 is 0. The summed E-state index contributed by atoms with van der Waals surface area (Å²) in [7, 11) is -1.37. The molecule has 0 aromatic carbocycles. The summed E-state index contributed by atoms with van der Waals surface area (Å²) in [6, 6.07) is 0. The molecule has 0 aromatic rings. The van der Waals surface area contributed by atoms with Crippen molar-refractivity contribution in [2.75, 3.05) is 26.5 Å². The normalized spacial score (nSPS) is 35.1. The summed E-state index contributed by atoms with van der Waals surface area (Å²) in [4.78, 5) is 0. The molecule has 0 bridgehead atoms. The fourth-order valence-corrected chi connectivity index (χ4v) is 3.34. The third-order valence-corrected chi connectivity index (χ3v) is 4.17. The highest BCUT2D eigenvalue weighted by Crippen LogP contribution is 2.49. The van der Waals surface area contributed by atoms with Gasteiger partial charge in [-0.1, -0.05) is 0 Å². The minimum absolute atomic E-state index is 0.282. The molecular formula is C7H15NO3S. The van der Waals surface area contributed by atoms with Crippen LogP contribution in [0.5, 0.6) is 0 Å². The average Bonchev–Trinajstić information content (AvgIpc) is 2.64. The third kappa shape index (κ3) is 1.62. The van der Waals surface area contributed by atoms with Gasteiger partial charge in [-0.25, -0.2) is 8.42 Å². The topological polar surface area (TPSA) is 69.4 Å². The highest BCUT2D eigenvalue weighted by molar-refractivity contribution is 7.91. The zero-order valence-corrected chi connectivity index (χ0v) is 8.23. The van der Waals surface area contributed by atoms with Gasteiger partial charge < -0.3 is 10.5 Å². The van der Waals surface area contributed by atoms with Gasteiger partial charge in [-0.05, 0) is 6.42 Å². The molecule has 0 saturated heterocycles. The number of ether oxygens (including phenoxy) is 1. The van der Waals surface area contributed by atoms with Gasteiger partial charge in [0.25, 0.3) is 0 Å². The molecule has 0 aliphatic heterocycles. The summed E-state index contributed by atoms with van der Waals surface area (Å²) < 4.78 is 27.2. The Hall–Kier alpha value is -0.130. The lowest BCUT2D eigenvalue weighted by molar-refractivity contribution is 0.145. The van der Waals surface area contributed by atoms with Crippen LogP contribution in [0.4, 0.5) is 0 Å². The molecule has 0 radical (unpaired) electrons. The third-order valence-electron chi connectivity index (χ3n) is 2.47. The molecule has 2 atom stereocenters. The van der Waals surface area contributed by atoms with Crippen LogP contribution in [0.15, 0.2) is 0 Å². The first-order valence-corrected chi connectivity index (χ1v) is 5.79. The van der Waals surface area contributed by atoms with E-state index in [1.165, 1.54) is 6.26 Å². The number of hydrogen-bond acceptors (Lipinski definition) is 4. The number of hydrogen-bond donors (Lipinski definition) is 1. The SMILES string of the molecule is COCC1(CN)CC1S(C)(=O)=O. The van der Waals surface area contributed by atoms with Gasteiger partial charge in [-0.15, -0.1) is 0 Å². The molecule has 1 aliphatic rings. The first-order valence-electron chi connectivity index (χ1n) is 3.84. The van der Waals surface area contributed by atoms with Crippen LogP contribution in [-0.2, 0) is 14.6 Å². The zero-order chi connectivity index (χ0) is 9.41. The Morgan fingerprint density at radius 1 is 1.67 bits per heavy atom. The van der Waals surface area contributed by atoms with Crippen LogP contribution in [0.25, 0.3) is 0 Å². The molecule has 1 saturated carbocycles. The predicted molar refractivity (Wildman–Crippen MR) is 46.6 cm³/mol. The van der Waals surface area contributed by atoms with E-state index >= 15 is 0 Å². The van der Waals surface area contributed by atoms with Crippen molar-refractivity contribution in [2.24, 2.45) is 11.1 Å². The van der Waals surface area contributed by atoms with Crippen LogP contribution in [0, 0.1) is 5.41 Å². The van der Waals surface area contributed by atoms with Crippen molar-refractivity contribution in [2.45, 2.75) is 11.7 Å². The molecule has 2 N–H and O–H groups in total. The Morgan fingerprint density at radius 3 is 2.50 bits per heavy atom. The Balaban J connectivity index is 2.68. The van der Waals surface area contributed by atoms with Gasteiger partial charge >= 0.3 is 0 Å². The Bertz CT molecular complexity index is 262. The number of sulfone groups is 1. The molecule has 1 aliphatic carbocycles. The Kier molecular flexibility index (Phi) is 2.47. The first-order chi connectivity index (χ1) is 5.46. The maximum absolute atomic E-state index is 11.1. The second-order valence-electron chi connectivity index (χ2n) is 3.52. The Morgan fingerprint density at radius 2 is 2.25 bits per heavy atom. The molecular weight excluding hydrogens is 178 g/mol. The molecule has 72 valence electrons. The number of nitrogens with two attached hydrogens (primary N) is 1. The first kappa shape index (κ1) is 9.95. The highest BCUT2D eigenvalue weighted by atomic mass is 32.2. The minimum Gasteiger partial charge on any atom is -0.384 e. The van der Waals surface area contributed by atoms with Crippen molar-refractivity contribution in [3.05, 3.63) is 0 Å². The van der Waals surface area contributed by atoms with Gasteiger partial charge in [0.15, 0.2) is 9.84 Å². The van der Waals surface area contributed by atoms with E-state index in [9.17, 15) is 8.42 Å². The lowest BCUT2D eigenvalue weighted by Gasteiger charge is -2.11. The van der Waals surface area contributed by atoms with Crippen LogP contribution in [0.1, 0.15) is 6.42 Å². The van der Waals surface area contributed by atoms with E-state index < -0.39 is 9.84 Å². The lowest BCUT2D eigenvalue weighted by Crippen LogP contribution is -2.27. The molecule has 0 heterocycles. The molecule has 4 nitrogen and oxygen atoms in total. The van der Waals surface area contributed by atoms with Crippen molar-refractivity contribution in [1.82, 2.24) is 0 Å². The van der Waals surface area contributed by atoms with Crippen LogP contribution in [-0.4, -0.2) is 40.2 Å². The van der Waals surface area contributed by atoms with Crippen molar-refractivity contribution in [3.63, 3.8) is 0 Å². The fourth-order valence-electron chi connectivity index (χ4n) is 1.63. The van der Waals surface area contributed by atoms with E-state index in [4.69, 9.17) is 10.5 Å². The van der Waals surface area contributed by atoms with Gasteiger partial charge in [0.05, 0.1) is 11.9 Å². The molecule has 1 fully saturated rings. The Labute approximate surface area is 73.0 Å². The van der Waals surface area contributed by atoms with E-state index in [-0.39, 0.29) is 10.7 Å². The van der Waals surface area contributed by atoms with Crippen LogP contribution < -0.4 is 5.73 Å². The maximum Gasteiger partial charge on any atom is 0.151 e. The smallest absolute Gasteiger partial charge is 0.151 e. The van der Waals surface area contributed by atoms with Gasteiger partial charge in [0.1, 0.15) is 0 Å². The van der Waals surface area contributed by atoms with E-state index in [0.717, 1.165) is 0 Å². The second-order valence-corrected chi connectivity index (χ2v) is 5.75. The van der Waals surface area contributed by atoms with Gasteiger partial charge in [-0.3, -0.25) is 0 Å². The highest BCUT2D eigenvalue weighted by Gasteiger charge is 2.58. The van der Waals surface area contributed by atoms with Crippen molar-refractivity contribution < 1.29 is 13.2 Å². The lowest BCUT2D eigenvalue weighted by atomic mass is 10.1. The van der Waals surface area contributed by atoms with Crippen molar-refractivity contribution in [3.8, 4) is 0 Å². The van der Waals surface area contributed by atoms with Gasteiger partial charge in [0.2, 0.25) is 0 Å². The zero-order valence-electron chi connectivity index (χ0n) is 7.41. The van der Waals surface area contributed by atoms with Crippen molar-refractivity contribution >= 4 is 9.84 Å². The van der Waals surface area contributed by atoms with E-state index in [1.54, 1.807) is 7.11 Å². The molecule has 12 heavy (non-hydrogen) atoms. The quantitative estimate of drug-likeness (QED) is 0.647. The molecule has 2 unspecified atom stereocenters. The van der Waals surface area contributed by atoms with Crippen molar-refractivity contribution in [1.29, 1.82) is 0 Å². The molecule has 0 aromatic heterocycles. The monoisotopic (exact) mass is 193 g/mol. The van der Waals surface area contributed by atoms with Gasteiger partial charge in [-0.2, -0.15) is 0 Å². The molecule has 0 spiro atoms. The van der Waals surface area contributed by atoms with E-state index in [2.05, 4.69) is 0 Å². The number of methoxy groups -OCH3 is 1. The summed E-state index contributed by atoms with van der Waals surface area (Å²) in [5.41, 5.74) is 5.21. The van der Waals surface area contributed by atoms with E-state index in [1.807, 2.05) is 0 Å². The molecule has 1 rings (SSSR count). The maximum atomic E-state index is 11.1. The summed E-state index contributed by atoms with van der Waals surface area (Å²) in [5.74, 6) is 0. The average molecular weight is 193 g/mol. The summed E-state index contributed by atoms with van der Waals surface area (Å²) in [6.07, 6.45) is 1.90. The molecule has 0 amide bonds. The number of rotatable bonds is 4. The standard InChI is InChI=1S/C7H15NO3S/c1-11-5-7(4-8)3-6(7)12(2,9)10/h6H,3-5,8H2,1-2H3. The van der Waals surface area contributed by atoms with E-state index in [0.29, 0.717) is 19.6 Å². The predicted octanol–water partition coefficient (Wildman–Crippen LogP) is -0.605. The summed E-state index contributed by atoms with van der Waals surface area (Å²) in [5, 5.41) is -0.282. The van der Waals surface area contributed by atoms with Gasteiger partial charge in [0, 0.05) is 25.3 Å². The fraction of sp³-hybridized carbons (Fsp3) is 1.00. The largest absolute Gasteiger partial charge is 0.384 e. The van der Waals surface area contributed by atoms with Crippen LogP contribution in [0.2, 0.25) is 0 Å². The second kappa shape index (κ2) is 2.97. The van der Waals surface area contributed by atoms with Crippen LogP contribution >= 0.6 is 0 Å². The minimum atomic E-state index is -2.93.